The third kappa shape index (κ3) is 3.24. The SMILES string of the molecule is CC(Cn1cccn1)C(=O)N1CCc2[nH]nc(-c3ccc(Cl)cc3)c2C1. The van der Waals surface area contributed by atoms with Crippen LogP contribution in [-0.4, -0.2) is 37.3 Å². The van der Waals surface area contributed by atoms with E-state index < -0.39 is 0 Å². The number of hydrogen-bond donors (Lipinski definition) is 1. The molecule has 0 fully saturated rings. The average Bonchev–Trinajstić information content (AvgIpc) is 3.31. The molecule has 2 aromatic heterocycles. The first kappa shape index (κ1) is 16.8. The van der Waals surface area contributed by atoms with E-state index in [0.29, 0.717) is 24.7 Å². The van der Waals surface area contributed by atoms with Crippen molar-refractivity contribution in [2.45, 2.75) is 26.4 Å². The van der Waals surface area contributed by atoms with Gasteiger partial charge in [-0.2, -0.15) is 10.2 Å². The first-order valence-electron chi connectivity index (χ1n) is 8.70. The van der Waals surface area contributed by atoms with E-state index in [0.717, 1.165) is 28.9 Å². The largest absolute Gasteiger partial charge is 0.338 e. The topological polar surface area (TPSA) is 66.8 Å². The summed E-state index contributed by atoms with van der Waals surface area (Å²) in [5.74, 6) is 0.0248. The van der Waals surface area contributed by atoms with E-state index in [1.165, 1.54) is 0 Å². The van der Waals surface area contributed by atoms with Crippen molar-refractivity contribution in [1.82, 2.24) is 24.9 Å². The number of nitrogens with zero attached hydrogens (tertiary/aromatic N) is 4. The van der Waals surface area contributed by atoms with E-state index in [4.69, 9.17) is 11.6 Å². The lowest BCUT2D eigenvalue weighted by Gasteiger charge is -2.29. The van der Waals surface area contributed by atoms with Gasteiger partial charge in [0.2, 0.25) is 5.91 Å². The minimum absolute atomic E-state index is 0.123. The molecule has 1 N–H and O–H groups in total. The van der Waals surface area contributed by atoms with Gasteiger partial charge in [0.05, 0.1) is 18.2 Å². The number of fused-ring (bicyclic) bond motifs is 1. The molecule has 0 saturated carbocycles. The Balaban J connectivity index is 1.52. The summed E-state index contributed by atoms with van der Waals surface area (Å²) in [6.07, 6.45) is 4.40. The number of hydrogen-bond acceptors (Lipinski definition) is 3. The highest BCUT2D eigenvalue weighted by Gasteiger charge is 2.28. The Bertz CT molecular complexity index is 901. The molecule has 3 heterocycles. The number of H-pyrrole nitrogens is 1. The van der Waals surface area contributed by atoms with Crippen LogP contribution in [0.1, 0.15) is 18.2 Å². The van der Waals surface area contributed by atoms with Gasteiger partial charge in [-0.15, -0.1) is 0 Å². The molecule has 0 saturated heterocycles. The van der Waals surface area contributed by atoms with Crippen molar-refractivity contribution in [2.24, 2.45) is 5.92 Å². The number of nitrogens with one attached hydrogen (secondary N) is 1. The van der Waals surface area contributed by atoms with Gasteiger partial charge in [-0.05, 0) is 18.2 Å². The van der Waals surface area contributed by atoms with E-state index in [1.54, 1.807) is 10.9 Å². The first-order chi connectivity index (χ1) is 12.6. The molecule has 134 valence electrons. The zero-order chi connectivity index (χ0) is 18.1. The predicted octanol–water partition coefficient (Wildman–Crippen LogP) is 3.15. The molecule has 1 aliphatic rings. The Hall–Kier alpha value is -2.60. The van der Waals surface area contributed by atoms with E-state index in [1.807, 2.05) is 48.4 Å². The van der Waals surface area contributed by atoms with E-state index in [2.05, 4.69) is 15.3 Å². The third-order valence-corrected chi connectivity index (χ3v) is 5.06. The fourth-order valence-corrected chi connectivity index (χ4v) is 3.53. The van der Waals surface area contributed by atoms with Gasteiger partial charge < -0.3 is 4.90 Å². The Labute approximate surface area is 156 Å². The minimum atomic E-state index is -0.123. The van der Waals surface area contributed by atoms with Crippen LogP contribution in [0.2, 0.25) is 5.02 Å². The monoisotopic (exact) mass is 369 g/mol. The molecule has 26 heavy (non-hydrogen) atoms. The smallest absolute Gasteiger partial charge is 0.227 e. The van der Waals surface area contributed by atoms with Crippen LogP contribution in [0.15, 0.2) is 42.7 Å². The number of aromatic nitrogens is 4. The highest BCUT2D eigenvalue weighted by atomic mass is 35.5. The molecule has 1 aromatic carbocycles. The second kappa shape index (κ2) is 6.96. The molecule has 1 aliphatic heterocycles. The molecule has 3 aromatic rings. The van der Waals surface area contributed by atoms with Gasteiger partial charge in [-0.3, -0.25) is 14.6 Å². The molecule has 1 unspecified atom stereocenters. The molecule has 6 nitrogen and oxygen atoms in total. The number of benzene rings is 1. The van der Waals surface area contributed by atoms with Crippen LogP contribution >= 0.6 is 11.6 Å². The van der Waals surface area contributed by atoms with Crippen molar-refractivity contribution in [2.75, 3.05) is 6.54 Å². The first-order valence-corrected chi connectivity index (χ1v) is 9.08. The summed E-state index contributed by atoms with van der Waals surface area (Å²) < 4.78 is 1.80. The number of halogens is 1. The summed E-state index contributed by atoms with van der Waals surface area (Å²) >= 11 is 5.99. The minimum Gasteiger partial charge on any atom is -0.338 e. The lowest BCUT2D eigenvalue weighted by atomic mass is 9.99. The van der Waals surface area contributed by atoms with Crippen LogP contribution in [0.25, 0.3) is 11.3 Å². The maximum atomic E-state index is 12.9. The number of carbonyl (C=O) groups is 1. The highest BCUT2D eigenvalue weighted by molar-refractivity contribution is 6.30. The Morgan fingerprint density at radius 2 is 2.15 bits per heavy atom. The summed E-state index contributed by atoms with van der Waals surface area (Å²) in [7, 11) is 0. The van der Waals surface area contributed by atoms with Crippen LogP contribution in [-0.2, 0) is 24.3 Å². The van der Waals surface area contributed by atoms with Gasteiger partial charge in [-0.1, -0.05) is 30.7 Å². The van der Waals surface area contributed by atoms with Crippen LogP contribution in [0.4, 0.5) is 0 Å². The van der Waals surface area contributed by atoms with Crippen molar-refractivity contribution < 1.29 is 4.79 Å². The number of aromatic amines is 1. The lowest BCUT2D eigenvalue weighted by Crippen LogP contribution is -2.40. The van der Waals surface area contributed by atoms with Crippen molar-refractivity contribution >= 4 is 17.5 Å². The fraction of sp³-hybridized carbons (Fsp3) is 0.316. The van der Waals surface area contributed by atoms with E-state index >= 15 is 0 Å². The maximum absolute atomic E-state index is 12.9. The molecule has 4 rings (SSSR count). The Morgan fingerprint density at radius 1 is 1.35 bits per heavy atom. The van der Waals surface area contributed by atoms with Gasteiger partial charge in [-0.25, -0.2) is 0 Å². The fourth-order valence-electron chi connectivity index (χ4n) is 3.41. The van der Waals surface area contributed by atoms with Gasteiger partial charge in [0.25, 0.3) is 0 Å². The van der Waals surface area contributed by atoms with Crippen molar-refractivity contribution in [3.8, 4) is 11.3 Å². The van der Waals surface area contributed by atoms with Crippen molar-refractivity contribution in [1.29, 1.82) is 0 Å². The highest BCUT2D eigenvalue weighted by Crippen LogP contribution is 2.29. The normalized spacial score (nSPS) is 14.9. The second-order valence-corrected chi connectivity index (χ2v) is 7.11. The van der Waals surface area contributed by atoms with Crippen LogP contribution in [0.3, 0.4) is 0 Å². The molecule has 1 atom stereocenters. The molecule has 0 aliphatic carbocycles. The van der Waals surface area contributed by atoms with E-state index in [-0.39, 0.29) is 11.8 Å². The summed E-state index contributed by atoms with van der Waals surface area (Å²) in [5, 5.41) is 12.5. The molecule has 1 amide bonds. The molecule has 7 heteroatoms. The van der Waals surface area contributed by atoms with Crippen LogP contribution in [0.5, 0.6) is 0 Å². The summed E-state index contributed by atoms with van der Waals surface area (Å²) in [6.45, 7) is 3.82. The molecule has 0 radical (unpaired) electrons. The van der Waals surface area contributed by atoms with Gasteiger partial charge >= 0.3 is 0 Å². The molecule has 0 spiro atoms. The summed E-state index contributed by atoms with van der Waals surface area (Å²) in [5.41, 5.74) is 4.11. The number of carbonyl (C=O) groups excluding carboxylic acids is 1. The van der Waals surface area contributed by atoms with Gasteiger partial charge in [0, 0.05) is 53.7 Å². The predicted molar refractivity (Wildman–Crippen MR) is 99.5 cm³/mol. The van der Waals surface area contributed by atoms with Crippen molar-refractivity contribution in [3.63, 3.8) is 0 Å². The zero-order valence-corrected chi connectivity index (χ0v) is 15.3. The van der Waals surface area contributed by atoms with Crippen LogP contribution < -0.4 is 0 Å². The lowest BCUT2D eigenvalue weighted by molar-refractivity contribution is -0.136. The summed E-state index contributed by atoms with van der Waals surface area (Å²) in [4.78, 5) is 14.8. The Morgan fingerprint density at radius 3 is 2.88 bits per heavy atom. The second-order valence-electron chi connectivity index (χ2n) is 6.68. The number of amides is 1. The summed E-state index contributed by atoms with van der Waals surface area (Å²) in [6, 6.07) is 9.50. The quantitative estimate of drug-likeness (QED) is 0.768. The Kier molecular flexibility index (Phi) is 4.51. The van der Waals surface area contributed by atoms with Gasteiger partial charge in [0.15, 0.2) is 0 Å². The molecule has 0 bridgehead atoms. The molecular formula is C19H20ClN5O. The van der Waals surface area contributed by atoms with Crippen molar-refractivity contribution in [3.05, 3.63) is 59.0 Å². The third-order valence-electron chi connectivity index (χ3n) is 4.80. The number of rotatable bonds is 4. The molecular weight excluding hydrogens is 350 g/mol. The maximum Gasteiger partial charge on any atom is 0.227 e. The average molecular weight is 370 g/mol. The van der Waals surface area contributed by atoms with Crippen LogP contribution in [0, 0.1) is 5.92 Å². The standard InChI is InChI=1S/C19H20ClN5O/c1-13(11-25-9-2-8-21-25)19(26)24-10-7-17-16(12-24)18(23-22-17)14-3-5-15(20)6-4-14/h2-6,8-9,13H,7,10-12H2,1H3,(H,22,23). The van der Waals surface area contributed by atoms with E-state index in [9.17, 15) is 4.79 Å². The zero-order valence-electron chi connectivity index (χ0n) is 14.5. The van der Waals surface area contributed by atoms with Gasteiger partial charge in [0.1, 0.15) is 0 Å².